The van der Waals surface area contributed by atoms with E-state index in [0.717, 1.165) is 5.56 Å². The molecule has 1 aromatic rings. The number of sulfone groups is 1. The van der Waals surface area contributed by atoms with Gasteiger partial charge in [-0.3, -0.25) is 0 Å². The summed E-state index contributed by atoms with van der Waals surface area (Å²) in [5, 5.41) is 0. The Labute approximate surface area is 125 Å². The molecule has 0 aromatic heterocycles. The predicted molar refractivity (Wildman–Crippen MR) is 79.8 cm³/mol. The number of carbonyl (C=O) groups is 1. The molecule has 6 heteroatoms. The van der Waals surface area contributed by atoms with Crippen LogP contribution in [0.25, 0.3) is 0 Å². The van der Waals surface area contributed by atoms with Crippen molar-refractivity contribution in [3.8, 4) is 0 Å². The maximum atomic E-state index is 12.0. The van der Waals surface area contributed by atoms with Gasteiger partial charge in [0, 0.05) is 5.57 Å². The van der Waals surface area contributed by atoms with Crippen LogP contribution in [0.5, 0.6) is 0 Å². The van der Waals surface area contributed by atoms with Crippen LogP contribution in [0.2, 0.25) is 0 Å². The van der Waals surface area contributed by atoms with E-state index in [-0.39, 0.29) is 30.5 Å². The van der Waals surface area contributed by atoms with Gasteiger partial charge in [-0.2, -0.15) is 0 Å². The molecule has 21 heavy (non-hydrogen) atoms. The Bertz CT molecular complexity index is 587. The Kier molecular flexibility index (Phi) is 6.58. The summed E-state index contributed by atoms with van der Waals surface area (Å²) in [5.41, 5.74) is 1.32. The van der Waals surface area contributed by atoms with Crippen LogP contribution in [0, 0.1) is 6.92 Å². The highest BCUT2D eigenvalue weighted by atomic mass is 32.2. The molecule has 0 saturated heterocycles. The Morgan fingerprint density at radius 1 is 1.14 bits per heavy atom. The first kappa shape index (κ1) is 17.4. The smallest absolute Gasteiger partial charge is 0.333 e. The molecular weight excluding hydrogens is 292 g/mol. The number of hydrogen-bond donors (Lipinski definition) is 0. The molecular formula is C15H20O5S. The molecule has 0 amide bonds. The van der Waals surface area contributed by atoms with E-state index in [2.05, 4.69) is 6.58 Å². The Hall–Kier alpha value is -1.66. The summed E-state index contributed by atoms with van der Waals surface area (Å²) in [6, 6.07) is 6.67. The lowest BCUT2D eigenvalue weighted by Gasteiger charge is -2.07. The molecule has 0 heterocycles. The van der Waals surface area contributed by atoms with Crippen LogP contribution in [-0.4, -0.2) is 40.0 Å². The number of carbonyl (C=O) groups excluding carboxylic acids is 1. The van der Waals surface area contributed by atoms with Gasteiger partial charge >= 0.3 is 5.97 Å². The van der Waals surface area contributed by atoms with Crippen LogP contribution < -0.4 is 0 Å². The molecule has 0 atom stereocenters. The van der Waals surface area contributed by atoms with Gasteiger partial charge in [-0.05, 0) is 26.0 Å². The molecule has 0 N–H and O–H groups in total. The van der Waals surface area contributed by atoms with Gasteiger partial charge in [0.2, 0.25) is 0 Å². The molecule has 0 unspecified atom stereocenters. The average molecular weight is 312 g/mol. The number of aryl methyl sites for hydroxylation is 1. The summed E-state index contributed by atoms with van der Waals surface area (Å²) < 4.78 is 34.0. The van der Waals surface area contributed by atoms with Gasteiger partial charge < -0.3 is 9.47 Å². The van der Waals surface area contributed by atoms with Crippen molar-refractivity contribution in [1.29, 1.82) is 0 Å². The quantitative estimate of drug-likeness (QED) is 0.416. The van der Waals surface area contributed by atoms with Crippen LogP contribution >= 0.6 is 0 Å². The zero-order valence-electron chi connectivity index (χ0n) is 12.3. The zero-order valence-corrected chi connectivity index (χ0v) is 13.1. The molecule has 0 radical (unpaired) electrons. The van der Waals surface area contributed by atoms with E-state index in [9.17, 15) is 13.2 Å². The SMILES string of the molecule is C=C(C)C(=O)OCCOCCS(=O)(=O)c1ccc(C)cc1. The van der Waals surface area contributed by atoms with Crippen LogP contribution in [0.1, 0.15) is 12.5 Å². The molecule has 5 nitrogen and oxygen atoms in total. The molecule has 0 aliphatic heterocycles. The van der Waals surface area contributed by atoms with Crippen molar-refractivity contribution in [2.24, 2.45) is 0 Å². The molecule has 0 saturated carbocycles. The third kappa shape index (κ3) is 6.10. The second-order valence-corrected chi connectivity index (χ2v) is 6.77. The Balaban J connectivity index is 2.30. The largest absolute Gasteiger partial charge is 0.460 e. The van der Waals surface area contributed by atoms with Gasteiger partial charge in [-0.25, -0.2) is 13.2 Å². The number of hydrogen-bond acceptors (Lipinski definition) is 5. The van der Waals surface area contributed by atoms with Crippen molar-refractivity contribution in [1.82, 2.24) is 0 Å². The first-order valence-electron chi connectivity index (χ1n) is 6.53. The van der Waals surface area contributed by atoms with Crippen molar-refractivity contribution in [3.05, 3.63) is 42.0 Å². The van der Waals surface area contributed by atoms with Crippen LogP contribution in [-0.2, 0) is 24.1 Å². The topological polar surface area (TPSA) is 69.7 Å². The van der Waals surface area contributed by atoms with Gasteiger partial charge in [0.05, 0.1) is 23.9 Å². The molecule has 0 aliphatic rings. The fourth-order valence-corrected chi connectivity index (χ4v) is 2.57. The van der Waals surface area contributed by atoms with E-state index in [1.54, 1.807) is 31.2 Å². The van der Waals surface area contributed by atoms with Gasteiger partial charge in [0.25, 0.3) is 0 Å². The van der Waals surface area contributed by atoms with E-state index in [1.807, 2.05) is 6.92 Å². The molecule has 0 spiro atoms. The lowest BCUT2D eigenvalue weighted by molar-refractivity contribution is -0.140. The lowest BCUT2D eigenvalue weighted by atomic mass is 10.2. The summed E-state index contributed by atoms with van der Waals surface area (Å²) in [6.07, 6.45) is 0. The summed E-state index contributed by atoms with van der Waals surface area (Å²) in [6.45, 7) is 7.19. The molecule has 116 valence electrons. The van der Waals surface area contributed by atoms with Gasteiger partial charge in [0.15, 0.2) is 9.84 Å². The molecule has 0 fully saturated rings. The van der Waals surface area contributed by atoms with E-state index < -0.39 is 15.8 Å². The highest BCUT2D eigenvalue weighted by molar-refractivity contribution is 7.91. The van der Waals surface area contributed by atoms with Gasteiger partial charge in [-0.15, -0.1) is 0 Å². The molecule has 0 bridgehead atoms. The fourth-order valence-electron chi connectivity index (χ4n) is 1.45. The minimum absolute atomic E-state index is 0.0564. The number of benzene rings is 1. The summed E-state index contributed by atoms with van der Waals surface area (Å²) in [7, 11) is -3.34. The lowest BCUT2D eigenvalue weighted by Crippen LogP contribution is -2.16. The van der Waals surface area contributed by atoms with Crippen molar-refractivity contribution in [3.63, 3.8) is 0 Å². The predicted octanol–water partition coefficient (Wildman–Crippen LogP) is 1.90. The van der Waals surface area contributed by atoms with Crippen LogP contribution in [0.3, 0.4) is 0 Å². The van der Waals surface area contributed by atoms with Gasteiger partial charge in [0.1, 0.15) is 6.61 Å². The Morgan fingerprint density at radius 3 is 2.33 bits per heavy atom. The second-order valence-electron chi connectivity index (χ2n) is 4.66. The first-order chi connectivity index (χ1) is 9.83. The van der Waals surface area contributed by atoms with Gasteiger partial charge in [-0.1, -0.05) is 24.3 Å². The maximum Gasteiger partial charge on any atom is 0.333 e. The van der Waals surface area contributed by atoms with E-state index in [0.29, 0.717) is 5.57 Å². The third-order valence-electron chi connectivity index (χ3n) is 2.69. The minimum atomic E-state index is -3.34. The van der Waals surface area contributed by atoms with Crippen molar-refractivity contribution < 1.29 is 22.7 Å². The Morgan fingerprint density at radius 2 is 1.76 bits per heavy atom. The number of esters is 1. The molecule has 1 aromatic carbocycles. The third-order valence-corrected chi connectivity index (χ3v) is 4.38. The van der Waals surface area contributed by atoms with E-state index in [1.165, 1.54) is 0 Å². The van der Waals surface area contributed by atoms with Crippen molar-refractivity contribution in [2.45, 2.75) is 18.7 Å². The number of ether oxygens (including phenoxy) is 2. The summed E-state index contributed by atoms with van der Waals surface area (Å²) in [5.74, 6) is -0.587. The summed E-state index contributed by atoms with van der Waals surface area (Å²) in [4.78, 5) is 11.4. The summed E-state index contributed by atoms with van der Waals surface area (Å²) >= 11 is 0. The van der Waals surface area contributed by atoms with Crippen LogP contribution in [0.15, 0.2) is 41.3 Å². The number of rotatable bonds is 8. The van der Waals surface area contributed by atoms with Crippen molar-refractivity contribution in [2.75, 3.05) is 25.6 Å². The maximum absolute atomic E-state index is 12.0. The van der Waals surface area contributed by atoms with Crippen molar-refractivity contribution >= 4 is 15.8 Å². The first-order valence-corrected chi connectivity index (χ1v) is 8.18. The fraction of sp³-hybridized carbons (Fsp3) is 0.400. The van der Waals surface area contributed by atoms with E-state index >= 15 is 0 Å². The zero-order chi connectivity index (χ0) is 15.9. The molecule has 0 aliphatic carbocycles. The highest BCUT2D eigenvalue weighted by Gasteiger charge is 2.13. The highest BCUT2D eigenvalue weighted by Crippen LogP contribution is 2.11. The average Bonchev–Trinajstić information content (AvgIpc) is 2.42. The second kappa shape index (κ2) is 7.95. The monoisotopic (exact) mass is 312 g/mol. The standard InChI is InChI=1S/C15H20O5S/c1-12(2)15(16)20-9-8-19-10-11-21(17,18)14-6-4-13(3)5-7-14/h4-7H,1,8-11H2,2-3H3. The minimum Gasteiger partial charge on any atom is -0.460 e. The van der Waals surface area contributed by atoms with Crippen LogP contribution in [0.4, 0.5) is 0 Å². The van der Waals surface area contributed by atoms with E-state index in [4.69, 9.17) is 9.47 Å². The molecule has 1 rings (SSSR count). The normalized spacial score (nSPS) is 11.1.